The summed E-state index contributed by atoms with van der Waals surface area (Å²) in [5.41, 5.74) is 0. The van der Waals surface area contributed by atoms with Gasteiger partial charge in [0.1, 0.15) is 6.04 Å². The first-order valence-electron chi connectivity index (χ1n) is 11.0. The van der Waals surface area contributed by atoms with E-state index < -0.39 is 10.2 Å². The van der Waals surface area contributed by atoms with Crippen LogP contribution in [0.2, 0.25) is 0 Å². The van der Waals surface area contributed by atoms with E-state index in [0.717, 1.165) is 35.9 Å². The third kappa shape index (κ3) is 16.7. The molecule has 0 radical (unpaired) electrons. The Morgan fingerprint density at radius 3 is 2.06 bits per heavy atom. The van der Waals surface area contributed by atoms with Crippen molar-refractivity contribution in [1.82, 2.24) is 19.2 Å². The average molecular weight is 465 g/mol. The van der Waals surface area contributed by atoms with E-state index in [1.165, 1.54) is 33.4 Å². The number of nitrogens with one attached hydrogen (secondary N) is 2. The zero-order chi connectivity index (χ0) is 24.4. The summed E-state index contributed by atoms with van der Waals surface area (Å²) in [4.78, 5) is 33.5. The standard InChI is InChI=1S/C11H20N2O2.C7H16.C3H8N2O3S/c1-9(2)5-6-12-11(15)10-4-3-7-13(10)8-14;1-4-5-6-7(2)3;1-5(2)9(7,8)4-3-6/h8-10H,3-7H2,1-2H3,(H,12,15);7H,4-6H2,1-3H3;3H,1-2H3,(H,4,6). The van der Waals surface area contributed by atoms with Crippen LogP contribution in [0.3, 0.4) is 0 Å². The predicted molar refractivity (Wildman–Crippen MR) is 124 cm³/mol. The molecule has 3 amide bonds. The van der Waals surface area contributed by atoms with Gasteiger partial charge in [0.15, 0.2) is 0 Å². The number of nitrogens with zero attached hydrogens (tertiary/aromatic N) is 2. The van der Waals surface area contributed by atoms with Gasteiger partial charge in [0, 0.05) is 27.2 Å². The van der Waals surface area contributed by atoms with Crippen LogP contribution in [0.15, 0.2) is 0 Å². The fraction of sp³-hybridized carbons (Fsp3) is 0.857. The van der Waals surface area contributed by atoms with Crippen LogP contribution in [0.1, 0.15) is 73.1 Å². The van der Waals surface area contributed by atoms with Gasteiger partial charge in [-0.2, -0.15) is 12.7 Å². The number of hydrogen-bond donors (Lipinski definition) is 2. The van der Waals surface area contributed by atoms with E-state index in [9.17, 15) is 22.8 Å². The second kappa shape index (κ2) is 17.9. The molecule has 9 nitrogen and oxygen atoms in total. The number of carbonyl (C=O) groups excluding carboxylic acids is 3. The summed E-state index contributed by atoms with van der Waals surface area (Å²) >= 11 is 0. The van der Waals surface area contributed by atoms with Crippen LogP contribution in [0.25, 0.3) is 0 Å². The first kappa shape index (κ1) is 31.5. The van der Waals surface area contributed by atoms with Crippen LogP contribution in [-0.4, -0.2) is 69.6 Å². The molecular weight excluding hydrogens is 420 g/mol. The fourth-order valence-corrected chi connectivity index (χ4v) is 2.91. The Morgan fingerprint density at radius 1 is 1.13 bits per heavy atom. The molecule has 1 rings (SSSR count). The number of amides is 3. The number of likely N-dealkylation sites (tertiary alicyclic amines) is 1. The molecule has 2 N–H and O–H groups in total. The summed E-state index contributed by atoms with van der Waals surface area (Å²) < 4.78 is 23.6. The summed E-state index contributed by atoms with van der Waals surface area (Å²) in [6.45, 7) is 12.5. The SMILES string of the molecule is CC(C)CCNC(=O)C1CCCN1C=O.CCCCC(C)C.CN(C)S(=O)(=O)NC=O. The van der Waals surface area contributed by atoms with Crippen LogP contribution < -0.4 is 10.0 Å². The molecule has 0 aromatic carbocycles. The minimum absolute atomic E-state index is 0.000231. The van der Waals surface area contributed by atoms with Gasteiger partial charge in [-0.1, -0.05) is 53.9 Å². The molecule has 1 fully saturated rings. The van der Waals surface area contributed by atoms with Gasteiger partial charge in [-0.25, -0.2) is 4.72 Å². The molecule has 10 heteroatoms. The maximum absolute atomic E-state index is 11.7. The molecule has 0 aromatic heterocycles. The summed E-state index contributed by atoms with van der Waals surface area (Å²) in [5.74, 6) is 1.50. The maximum atomic E-state index is 11.7. The van der Waals surface area contributed by atoms with E-state index in [1.807, 2.05) is 0 Å². The third-order valence-corrected chi connectivity index (χ3v) is 5.92. The molecule has 0 aromatic rings. The van der Waals surface area contributed by atoms with Crippen LogP contribution in [0.4, 0.5) is 0 Å². The summed E-state index contributed by atoms with van der Waals surface area (Å²) in [5, 5.41) is 2.88. The smallest absolute Gasteiger partial charge is 0.303 e. The van der Waals surface area contributed by atoms with Gasteiger partial charge in [0.05, 0.1) is 0 Å². The second-order valence-corrected chi connectivity index (χ2v) is 10.5. The Hall–Kier alpha value is -1.68. The van der Waals surface area contributed by atoms with Crippen LogP contribution in [0, 0.1) is 11.8 Å². The molecule has 1 atom stereocenters. The fourth-order valence-electron chi connectivity index (χ4n) is 2.58. The normalized spacial score (nSPS) is 15.7. The van der Waals surface area contributed by atoms with Crippen molar-refractivity contribution in [3.63, 3.8) is 0 Å². The van der Waals surface area contributed by atoms with Crippen molar-refractivity contribution in [2.45, 2.75) is 79.2 Å². The predicted octanol–water partition coefficient (Wildman–Crippen LogP) is 2.14. The zero-order valence-corrected chi connectivity index (χ0v) is 21.2. The molecule has 1 saturated heterocycles. The van der Waals surface area contributed by atoms with Gasteiger partial charge < -0.3 is 10.2 Å². The Labute approximate surface area is 189 Å². The first-order chi connectivity index (χ1) is 14.4. The highest BCUT2D eigenvalue weighted by Gasteiger charge is 2.29. The molecule has 1 unspecified atom stereocenters. The van der Waals surface area contributed by atoms with Crippen LogP contribution >= 0.6 is 0 Å². The monoisotopic (exact) mass is 464 g/mol. The largest absolute Gasteiger partial charge is 0.354 e. The molecule has 1 aliphatic rings. The Balaban J connectivity index is 0. The van der Waals surface area contributed by atoms with E-state index in [-0.39, 0.29) is 18.4 Å². The van der Waals surface area contributed by atoms with E-state index >= 15 is 0 Å². The Bertz CT molecular complexity index is 595. The van der Waals surface area contributed by atoms with Crippen molar-refractivity contribution in [1.29, 1.82) is 0 Å². The summed E-state index contributed by atoms with van der Waals surface area (Å²) in [6.07, 6.45) is 7.76. The first-order valence-corrected chi connectivity index (χ1v) is 12.5. The highest BCUT2D eigenvalue weighted by molar-refractivity contribution is 7.87. The van der Waals surface area contributed by atoms with Crippen molar-refractivity contribution in [3.05, 3.63) is 0 Å². The number of rotatable bonds is 11. The van der Waals surface area contributed by atoms with Crippen molar-refractivity contribution in [2.75, 3.05) is 27.2 Å². The molecule has 1 heterocycles. The van der Waals surface area contributed by atoms with Gasteiger partial charge in [-0.3, -0.25) is 14.4 Å². The third-order valence-electron chi connectivity index (χ3n) is 4.57. The van der Waals surface area contributed by atoms with Crippen LogP contribution in [-0.2, 0) is 24.6 Å². The van der Waals surface area contributed by atoms with Crippen molar-refractivity contribution >= 4 is 28.9 Å². The quantitative estimate of drug-likeness (QED) is 0.455. The topological polar surface area (TPSA) is 116 Å². The Morgan fingerprint density at radius 2 is 1.71 bits per heavy atom. The minimum Gasteiger partial charge on any atom is -0.354 e. The molecule has 184 valence electrons. The molecular formula is C21H44N4O5S. The number of unbranched alkanes of at least 4 members (excludes halogenated alkanes) is 1. The second-order valence-electron chi connectivity index (χ2n) is 8.53. The van der Waals surface area contributed by atoms with Gasteiger partial charge in [0.2, 0.25) is 18.7 Å². The molecule has 0 spiro atoms. The van der Waals surface area contributed by atoms with Gasteiger partial charge in [-0.05, 0) is 31.1 Å². The number of hydrogen-bond acceptors (Lipinski definition) is 5. The lowest BCUT2D eigenvalue weighted by Crippen LogP contribution is -2.43. The highest BCUT2D eigenvalue weighted by atomic mass is 32.2. The zero-order valence-electron chi connectivity index (χ0n) is 20.4. The van der Waals surface area contributed by atoms with Crippen molar-refractivity contribution in [3.8, 4) is 0 Å². The Kier molecular flexibility index (Phi) is 18.2. The maximum Gasteiger partial charge on any atom is 0.303 e. The lowest BCUT2D eigenvalue weighted by molar-refractivity contribution is -0.131. The van der Waals surface area contributed by atoms with Crippen LogP contribution in [0.5, 0.6) is 0 Å². The minimum atomic E-state index is -3.53. The molecule has 0 saturated carbocycles. The van der Waals surface area contributed by atoms with E-state index in [1.54, 1.807) is 9.62 Å². The lowest BCUT2D eigenvalue weighted by atomic mass is 10.1. The molecule has 0 bridgehead atoms. The summed E-state index contributed by atoms with van der Waals surface area (Å²) in [6, 6.07) is -0.227. The van der Waals surface area contributed by atoms with Gasteiger partial charge in [0.25, 0.3) is 0 Å². The molecule has 1 aliphatic heterocycles. The highest BCUT2D eigenvalue weighted by Crippen LogP contribution is 2.14. The van der Waals surface area contributed by atoms with E-state index in [2.05, 4.69) is 39.9 Å². The van der Waals surface area contributed by atoms with Gasteiger partial charge >= 0.3 is 10.2 Å². The number of carbonyl (C=O) groups is 3. The molecule has 31 heavy (non-hydrogen) atoms. The van der Waals surface area contributed by atoms with E-state index in [4.69, 9.17) is 0 Å². The van der Waals surface area contributed by atoms with Crippen molar-refractivity contribution in [2.24, 2.45) is 11.8 Å². The summed E-state index contributed by atoms with van der Waals surface area (Å²) in [7, 11) is -0.883. The lowest BCUT2D eigenvalue weighted by Gasteiger charge is -2.19. The molecule has 0 aliphatic carbocycles. The van der Waals surface area contributed by atoms with Gasteiger partial charge in [-0.15, -0.1) is 0 Å². The van der Waals surface area contributed by atoms with Crippen molar-refractivity contribution < 1.29 is 22.8 Å². The van der Waals surface area contributed by atoms with E-state index in [0.29, 0.717) is 19.0 Å². The average Bonchev–Trinajstić information content (AvgIpc) is 3.16.